The first kappa shape index (κ1) is 9.07. The first-order valence-corrected chi connectivity index (χ1v) is 4.01. The number of anilines is 1. The number of benzene rings is 1. The molecule has 3 heteroatoms. The highest BCUT2D eigenvalue weighted by atomic mass is 35.5. The number of carbonyl (C=O) groups excluding carboxylic acids is 1. The molecule has 0 saturated heterocycles. The second kappa shape index (κ2) is 3.59. The summed E-state index contributed by atoms with van der Waals surface area (Å²) in [5.74, 6) is -0.109. The molecule has 1 aromatic rings. The molecule has 1 rings (SSSR count). The van der Waals surface area contributed by atoms with Crippen molar-refractivity contribution in [3.05, 3.63) is 28.8 Å². The van der Waals surface area contributed by atoms with E-state index in [2.05, 4.69) is 5.32 Å². The fourth-order valence-electron chi connectivity index (χ4n) is 0.925. The molecule has 0 unspecified atom stereocenters. The van der Waals surface area contributed by atoms with Gasteiger partial charge in [0, 0.05) is 6.92 Å². The molecular formula is C9H10ClNO. The number of nitrogens with one attached hydrogen (secondary N) is 1. The zero-order valence-electron chi connectivity index (χ0n) is 7.02. The summed E-state index contributed by atoms with van der Waals surface area (Å²) in [5, 5.41) is 3.21. The Morgan fingerprint density at radius 3 is 2.75 bits per heavy atom. The molecule has 0 aromatic heterocycles. The Bertz CT molecular complexity index is 309. The number of hydrogen-bond acceptors (Lipinski definition) is 1. The number of aryl methyl sites for hydroxylation is 1. The van der Waals surface area contributed by atoms with Crippen LogP contribution in [0.15, 0.2) is 18.2 Å². The van der Waals surface area contributed by atoms with Crippen molar-refractivity contribution in [2.75, 3.05) is 5.32 Å². The molecule has 64 valence electrons. The minimum absolute atomic E-state index is 0.109. The molecular weight excluding hydrogens is 174 g/mol. The van der Waals surface area contributed by atoms with E-state index < -0.39 is 0 Å². The van der Waals surface area contributed by atoms with E-state index in [1.165, 1.54) is 6.92 Å². The summed E-state index contributed by atoms with van der Waals surface area (Å²) < 4.78 is 0. The lowest BCUT2D eigenvalue weighted by molar-refractivity contribution is -0.114. The molecule has 2 nitrogen and oxygen atoms in total. The summed E-state index contributed by atoms with van der Waals surface area (Å²) in [4.78, 5) is 10.7. The highest BCUT2D eigenvalue weighted by molar-refractivity contribution is 6.33. The maximum atomic E-state index is 10.7. The molecule has 12 heavy (non-hydrogen) atoms. The molecule has 0 radical (unpaired) electrons. The molecule has 0 aliphatic rings. The second-order valence-corrected chi connectivity index (χ2v) is 3.07. The van der Waals surface area contributed by atoms with Gasteiger partial charge in [0.1, 0.15) is 0 Å². The molecule has 0 spiro atoms. The largest absolute Gasteiger partial charge is 0.325 e. The number of amides is 1. The van der Waals surface area contributed by atoms with Gasteiger partial charge in [-0.1, -0.05) is 17.7 Å². The molecule has 0 aliphatic carbocycles. The van der Waals surface area contributed by atoms with Crippen LogP contribution in [0.3, 0.4) is 0 Å². The normalized spacial score (nSPS) is 9.58. The van der Waals surface area contributed by atoms with Crippen LogP contribution in [0.25, 0.3) is 0 Å². The fraction of sp³-hybridized carbons (Fsp3) is 0.222. The maximum Gasteiger partial charge on any atom is 0.221 e. The van der Waals surface area contributed by atoms with Gasteiger partial charge in [-0.2, -0.15) is 0 Å². The van der Waals surface area contributed by atoms with E-state index in [0.29, 0.717) is 10.7 Å². The number of rotatable bonds is 1. The van der Waals surface area contributed by atoms with Gasteiger partial charge < -0.3 is 5.32 Å². The highest BCUT2D eigenvalue weighted by Gasteiger charge is 2.00. The molecule has 0 fully saturated rings. The van der Waals surface area contributed by atoms with Crippen LogP contribution in [0, 0.1) is 6.92 Å². The predicted molar refractivity (Wildman–Crippen MR) is 50.5 cm³/mol. The molecule has 0 heterocycles. The minimum atomic E-state index is -0.109. The third-order valence-corrected chi connectivity index (χ3v) is 1.76. The van der Waals surface area contributed by atoms with Crippen LogP contribution in [0.2, 0.25) is 5.02 Å². The quantitative estimate of drug-likeness (QED) is 0.713. The lowest BCUT2D eigenvalue weighted by Gasteiger charge is -2.04. The summed E-state index contributed by atoms with van der Waals surface area (Å²) >= 11 is 5.83. The van der Waals surface area contributed by atoms with E-state index in [9.17, 15) is 4.79 Å². The minimum Gasteiger partial charge on any atom is -0.325 e. The topological polar surface area (TPSA) is 29.1 Å². The first-order valence-electron chi connectivity index (χ1n) is 3.63. The van der Waals surface area contributed by atoms with Crippen LogP contribution >= 0.6 is 11.6 Å². The van der Waals surface area contributed by atoms with Crippen molar-refractivity contribution in [1.82, 2.24) is 0 Å². The van der Waals surface area contributed by atoms with Crippen LogP contribution in [0.5, 0.6) is 0 Å². The van der Waals surface area contributed by atoms with Crippen molar-refractivity contribution in [1.29, 1.82) is 0 Å². The standard InChI is InChI=1S/C9H10ClNO/c1-6-3-4-8(10)9(5-6)11-7(2)12/h3-5H,1-2H3,(H,11,12). The van der Waals surface area contributed by atoms with Crippen molar-refractivity contribution in [3.8, 4) is 0 Å². The second-order valence-electron chi connectivity index (χ2n) is 2.66. The van der Waals surface area contributed by atoms with Crippen LogP contribution in [-0.4, -0.2) is 5.91 Å². The van der Waals surface area contributed by atoms with Crippen molar-refractivity contribution < 1.29 is 4.79 Å². The summed E-state index contributed by atoms with van der Waals surface area (Å²) in [5.41, 5.74) is 1.74. The molecule has 1 N–H and O–H groups in total. The van der Waals surface area contributed by atoms with Crippen molar-refractivity contribution in [2.24, 2.45) is 0 Å². The summed E-state index contributed by atoms with van der Waals surface area (Å²) in [6.45, 7) is 3.40. The van der Waals surface area contributed by atoms with Gasteiger partial charge in [-0.25, -0.2) is 0 Å². The zero-order valence-corrected chi connectivity index (χ0v) is 7.77. The van der Waals surface area contributed by atoms with Gasteiger partial charge in [0.25, 0.3) is 0 Å². The van der Waals surface area contributed by atoms with Gasteiger partial charge in [-0.05, 0) is 24.6 Å². The van der Waals surface area contributed by atoms with Crippen LogP contribution in [0.4, 0.5) is 5.69 Å². The summed E-state index contributed by atoms with van der Waals surface area (Å²) in [6.07, 6.45) is 0. The lowest BCUT2D eigenvalue weighted by Crippen LogP contribution is -2.06. The average Bonchev–Trinajstić information content (AvgIpc) is 1.96. The SMILES string of the molecule is CC(=O)Nc1cc(C)ccc1Cl. The summed E-state index contributed by atoms with van der Waals surface area (Å²) in [7, 11) is 0. The summed E-state index contributed by atoms with van der Waals surface area (Å²) in [6, 6.07) is 5.50. The van der Waals surface area contributed by atoms with Crippen LogP contribution in [0.1, 0.15) is 12.5 Å². The van der Waals surface area contributed by atoms with E-state index in [1.807, 2.05) is 19.1 Å². The number of halogens is 1. The van der Waals surface area contributed by atoms with Crippen molar-refractivity contribution >= 4 is 23.2 Å². The van der Waals surface area contributed by atoms with E-state index in [1.54, 1.807) is 6.07 Å². The lowest BCUT2D eigenvalue weighted by atomic mass is 10.2. The Hall–Kier alpha value is -1.02. The Balaban J connectivity index is 2.97. The fourth-order valence-corrected chi connectivity index (χ4v) is 1.09. The van der Waals surface area contributed by atoms with Crippen molar-refractivity contribution in [2.45, 2.75) is 13.8 Å². The molecule has 0 atom stereocenters. The van der Waals surface area contributed by atoms with Gasteiger partial charge in [0.15, 0.2) is 0 Å². The third-order valence-electron chi connectivity index (χ3n) is 1.43. The molecule has 1 amide bonds. The zero-order chi connectivity index (χ0) is 9.14. The smallest absolute Gasteiger partial charge is 0.221 e. The van der Waals surface area contributed by atoms with E-state index in [-0.39, 0.29) is 5.91 Å². The number of carbonyl (C=O) groups is 1. The van der Waals surface area contributed by atoms with E-state index in [4.69, 9.17) is 11.6 Å². The van der Waals surface area contributed by atoms with Crippen molar-refractivity contribution in [3.63, 3.8) is 0 Å². The van der Waals surface area contributed by atoms with Gasteiger partial charge in [-0.15, -0.1) is 0 Å². The van der Waals surface area contributed by atoms with Gasteiger partial charge in [0.05, 0.1) is 10.7 Å². The van der Waals surface area contributed by atoms with Gasteiger partial charge in [-0.3, -0.25) is 4.79 Å². The maximum absolute atomic E-state index is 10.7. The monoisotopic (exact) mass is 183 g/mol. The van der Waals surface area contributed by atoms with E-state index in [0.717, 1.165) is 5.56 Å². The molecule has 1 aromatic carbocycles. The number of hydrogen-bond donors (Lipinski definition) is 1. The van der Waals surface area contributed by atoms with Crippen LogP contribution < -0.4 is 5.32 Å². The Kier molecular flexibility index (Phi) is 2.71. The average molecular weight is 184 g/mol. The Labute approximate surface area is 76.5 Å². The van der Waals surface area contributed by atoms with Gasteiger partial charge >= 0.3 is 0 Å². The Morgan fingerprint density at radius 2 is 2.17 bits per heavy atom. The Morgan fingerprint density at radius 1 is 1.50 bits per heavy atom. The highest BCUT2D eigenvalue weighted by Crippen LogP contribution is 2.22. The first-order chi connectivity index (χ1) is 5.59. The molecule has 0 saturated carbocycles. The van der Waals surface area contributed by atoms with Crippen LogP contribution in [-0.2, 0) is 4.79 Å². The molecule has 0 aliphatic heterocycles. The van der Waals surface area contributed by atoms with E-state index >= 15 is 0 Å². The third kappa shape index (κ3) is 2.24. The van der Waals surface area contributed by atoms with Gasteiger partial charge in [0.2, 0.25) is 5.91 Å². The predicted octanol–water partition coefficient (Wildman–Crippen LogP) is 2.61. The molecule has 0 bridgehead atoms.